The molecule has 4 aromatic rings. The van der Waals surface area contributed by atoms with E-state index >= 15 is 0 Å². The van der Waals surface area contributed by atoms with Crippen LogP contribution >= 0.6 is 11.6 Å². The molecule has 2 aromatic heterocycles. The summed E-state index contributed by atoms with van der Waals surface area (Å²) in [5.41, 5.74) is 11.0. The zero-order valence-corrected chi connectivity index (χ0v) is 23.3. The molecule has 0 aliphatic heterocycles. The number of carbonyl (C=O) groups excluding carboxylic acids is 2. The second-order valence-electron chi connectivity index (χ2n) is 9.97. The number of hydrogen-bond acceptors (Lipinski definition) is 5. The van der Waals surface area contributed by atoms with Crippen molar-refractivity contribution in [2.45, 2.75) is 52.3 Å². The highest BCUT2D eigenvalue weighted by atomic mass is 35.5. The van der Waals surface area contributed by atoms with Crippen LogP contribution in [0.4, 0.5) is 0 Å². The van der Waals surface area contributed by atoms with Crippen LogP contribution in [0, 0.1) is 6.92 Å². The van der Waals surface area contributed by atoms with Gasteiger partial charge in [0.1, 0.15) is 11.4 Å². The zero-order chi connectivity index (χ0) is 28.1. The number of aromatic nitrogens is 2. The van der Waals surface area contributed by atoms with Gasteiger partial charge in [-0.1, -0.05) is 41.9 Å². The molecule has 0 fully saturated rings. The molecular weight excluding hydrogens is 514 g/mol. The third-order valence-electron chi connectivity index (χ3n) is 6.24. The normalized spacial score (nSPS) is 12.8. The summed E-state index contributed by atoms with van der Waals surface area (Å²) in [5, 5.41) is 6.20. The molecule has 0 saturated heterocycles. The fourth-order valence-electron chi connectivity index (χ4n) is 4.21. The van der Waals surface area contributed by atoms with Gasteiger partial charge < -0.3 is 25.5 Å². The lowest BCUT2D eigenvalue weighted by Gasteiger charge is -2.21. The number of fused-ring (bicyclic) bond motifs is 1. The molecule has 204 valence electrons. The van der Waals surface area contributed by atoms with Crippen LogP contribution in [-0.4, -0.2) is 45.9 Å². The highest BCUT2D eigenvalue weighted by molar-refractivity contribution is 6.32. The minimum atomic E-state index is -0.651. The number of nitrogens with two attached hydrogens (primary N) is 1. The lowest BCUT2D eigenvalue weighted by atomic mass is 10.0. The first-order valence-corrected chi connectivity index (χ1v) is 13.3. The predicted octanol–water partition coefficient (Wildman–Crippen LogP) is 4.55. The van der Waals surface area contributed by atoms with Crippen molar-refractivity contribution in [1.82, 2.24) is 20.0 Å². The maximum atomic E-state index is 13.1. The van der Waals surface area contributed by atoms with E-state index in [2.05, 4.69) is 10.6 Å². The number of halogens is 1. The van der Waals surface area contributed by atoms with E-state index in [9.17, 15) is 9.59 Å². The van der Waals surface area contributed by atoms with Crippen LogP contribution in [-0.2, 0) is 11.2 Å². The van der Waals surface area contributed by atoms with Crippen molar-refractivity contribution in [1.29, 1.82) is 0 Å². The fraction of sp³-hybridized carbons (Fsp3) is 0.300. The fourth-order valence-corrected chi connectivity index (χ4v) is 4.43. The van der Waals surface area contributed by atoms with E-state index in [0.717, 1.165) is 28.0 Å². The van der Waals surface area contributed by atoms with Gasteiger partial charge in [-0.3, -0.25) is 9.59 Å². The summed E-state index contributed by atoms with van der Waals surface area (Å²) in [6.45, 7) is 7.69. The lowest BCUT2D eigenvalue weighted by molar-refractivity contribution is -0.122. The van der Waals surface area contributed by atoms with Gasteiger partial charge in [-0.2, -0.15) is 0 Å². The van der Waals surface area contributed by atoms with Crippen molar-refractivity contribution in [3.05, 3.63) is 88.7 Å². The van der Waals surface area contributed by atoms with Gasteiger partial charge in [0.2, 0.25) is 5.91 Å². The van der Waals surface area contributed by atoms with Crippen LogP contribution < -0.4 is 21.1 Å². The Hall–Kier alpha value is -3.88. The topological polar surface area (TPSA) is 111 Å². The summed E-state index contributed by atoms with van der Waals surface area (Å²) < 4.78 is 7.68. The largest absolute Gasteiger partial charge is 0.489 e. The maximum Gasteiger partial charge on any atom is 0.251 e. The van der Waals surface area contributed by atoms with E-state index in [-0.39, 0.29) is 30.5 Å². The number of imidazole rings is 1. The number of aryl methyl sites for hydroxylation is 1. The Bertz CT molecular complexity index is 1460. The quantitative estimate of drug-likeness (QED) is 0.270. The Morgan fingerprint density at radius 2 is 1.85 bits per heavy atom. The molecule has 39 heavy (non-hydrogen) atoms. The highest BCUT2D eigenvalue weighted by Crippen LogP contribution is 2.26. The predicted molar refractivity (Wildman–Crippen MR) is 154 cm³/mol. The summed E-state index contributed by atoms with van der Waals surface area (Å²) >= 11 is 6.34. The first-order valence-electron chi connectivity index (χ1n) is 12.9. The van der Waals surface area contributed by atoms with Gasteiger partial charge in [0.05, 0.1) is 28.9 Å². The Morgan fingerprint density at radius 1 is 1.10 bits per heavy atom. The van der Waals surface area contributed by atoms with Crippen LogP contribution in [0.5, 0.6) is 5.75 Å². The molecule has 8 nitrogen and oxygen atoms in total. The van der Waals surface area contributed by atoms with E-state index < -0.39 is 6.04 Å². The third-order valence-corrected chi connectivity index (χ3v) is 6.53. The van der Waals surface area contributed by atoms with Crippen LogP contribution in [0.3, 0.4) is 0 Å². The van der Waals surface area contributed by atoms with Gasteiger partial charge in [0.25, 0.3) is 5.91 Å². The van der Waals surface area contributed by atoms with Crippen molar-refractivity contribution >= 4 is 29.1 Å². The number of rotatable bonds is 10. The van der Waals surface area contributed by atoms with Gasteiger partial charge in [-0.25, -0.2) is 4.98 Å². The van der Waals surface area contributed by atoms with Crippen molar-refractivity contribution in [2.24, 2.45) is 5.73 Å². The number of ether oxygens (including phenoxy) is 1. The molecule has 0 aliphatic carbocycles. The van der Waals surface area contributed by atoms with Crippen LogP contribution in [0.2, 0.25) is 5.02 Å². The lowest BCUT2D eigenvalue weighted by Crippen LogP contribution is -2.48. The number of nitrogens with zero attached hydrogens (tertiary/aromatic N) is 2. The first-order chi connectivity index (χ1) is 18.6. The molecule has 0 spiro atoms. The summed E-state index contributed by atoms with van der Waals surface area (Å²) in [6.07, 6.45) is 4.45. The number of nitrogens with one attached hydrogen (secondary N) is 2. The average molecular weight is 548 g/mol. The average Bonchev–Trinajstić information content (AvgIpc) is 3.34. The standard InChI is InChI=1S/C30H34ClN5O3/c1-18(2)39-27-12-11-23(15-25(27)31)30(38)34-24(16-33-29(37)20(4)32)14-21-7-9-22(10-8-21)26-17-36-13-5-6-19(3)28(36)35-26/h5-13,15,17-18,20,24H,14,16,32H2,1-4H3,(H,33,37)(H,34,38). The molecule has 4 rings (SSSR count). The molecule has 2 atom stereocenters. The smallest absolute Gasteiger partial charge is 0.251 e. The van der Waals surface area contributed by atoms with Crippen molar-refractivity contribution < 1.29 is 14.3 Å². The Morgan fingerprint density at radius 3 is 2.49 bits per heavy atom. The minimum absolute atomic E-state index is 0.0386. The summed E-state index contributed by atoms with van der Waals surface area (Å²) in [6, 6.07) is 16.0. The van der Waals surface area contributed by atoms with Gasteiger partial charge in [-0.05, 0) is 69.5 Å². The van der Waals surface area contributed by atoms with Crippen molar-refractivity contribution in [3.8, 4) is 17.0 Å². The molecular formula is C30H34ClN5O3. The Balaban J connectivity index is 1.49. The number of hydrogen-bond donors (Lipinski definition) is 3. The summed E-state index contributed by atoms with van der Waals surface area (Å²) in [7, 11) is 0. The van der Waals surface area contributed by atoms with Gasteiger partial charge in [0.15, 0.2) is 0 Å². The molecule has 0 radical (unpaired) electrons. The molecule has 0 saturated carbocycles. The van der Waals surface area contributed by atoms with Crippen LogP contribution in [0.15, 0.2) is 67.0 Å². The van der Waals surface area contributed by atoms with Crippen molar-refractivity contribution in [3.63, 3.8) is 0 Å². The molecule has 0 aliphatic rings. The third kappa shape index (κ3) is 7.16. The molecule has 2 heterocycles. The van der Waals surface area contributed by atoms with Gasteiger partial charge >= 0.3 is 0 Å². The number of pyridine rings is 1. The molecule has 2 aromatic carbocycles. The molecule has 2 unspecified atom stereocenters. The second-order valence-corrected chi connectivity index (χ2v) is 10.4. The van der Waals surface area contributed by atoms with E-state index in [1.165, 1.54) is 0 Å². The van der Waals surface area contributed by atoms with Crippen LogP contribution in [0.1, 0.15) is 42.3 Å². The Kier molecular flexibility index (Phi) is 8.89. The highest BCUT2D eigenvalue weighted by Gasteiger charge is 2.18. The van der Waals surface area contributed by atoms with E-state index in [1.54, 1.807) is 25.1 Å². The van der Waals surface area contributed by atoms with Crippen molar-refractivity contribution in [2.75, 3.05) is 6.54 Å². The van der Waals surface area contributed by atoms with E-state index in [0.29, 0.717) is 22.8 Å². The van der Waals surface area contributed by atoms with Gasteiger partial charge in [-0.15, -0.1) is 0 Å². The SMILES string of the molecule is Cc1cccn2cc(-c3ccc(CC(CNC(=O)C(C)N)NC(=O)c4ccc(OC(C)C)c(Cl)c4)cc3)nc12. The zero-order valence-electron chi connectivity index (χ0n) is 22.6. The summed E-state index contributed by atoms with van der Waals surface area (Å²) in [5.74, 6) is -0.0699. The second kappa shape index (κ2) is 12.3. The molecule has 2 amide bonds. The minimum Gasteiger partial charge on any atom is -0.489 e. The monoisotopic (exact) mass is 547 g/mol. The first kappa shape index (κ1) is 28.1. The number of benzene rings is 2. The number of amides is 2. The molecule has 4 N–H and O–H groups in total. The number of carbonyl (C=O) groups is 2. The van der Waals surface area contributed by atoms with Crippen LogP contribution in [0.25, 0.3) is 16.9 Å². The summed E-state index contributed by atoms with van der Waals surface area (Å²) in [4.78, 5) is 30.0. The van der Waals surface area contributed by atoms with E-state index in [1.807, 2.05) is 74.0 Å². The van der Waals surface area contributed by atoms with Gasteiger partial charge in [0, 0.05) is 30.1 Å². The Labute approximate surface area is 233 Å². The maximum absolute atomic E-state index is 13.1. The molecule has 0 bridgehead atoms. The van der Waals surface area contributed by atoms with E-state index in [4.69, 9.17) is 27.1 Å². The molecule has 9 heteroatoms.